The first kappa shape index (κ1) is 14.4. The molecule has 1 heterocycles. The number of hydrogen-bond donors (Lipinski definition) is 2. The van der Waals surface area contributed by atoms with Crippen LogP contribution in [0.5, 0.6) is 0 Å². The van der Waals surface area contributed by atoms with E-state index in [0.29, 0.717) is 5.92 Å². The third-order valence-electron chi connectivity index (χ3n) is 3.83. The van der Waals surface area contributed by atoms with Gasteiger partial charge in [0.05, 0.1) is 12.0 Å². The quantitative estimate of drug-likeness (QED) is 0.831. The van der Waals surface area contributed by atoms with Crippen LogP contribution in [0.3, 0.4) is 0 Å². The number of amides is 1. The minimum Gasteiger partial charge on any atom is -0.349 e. The summed E-state index contributed by atoms with van der Waals surface area (Å²) >= 11 is 1.73. The molecule has 3 nitrogen and oxygen atoms in total. The number of hydrogen-bond acceptors (Lipinski definition) is 3. The maximum atomic E-state index is 12.2. The standard InChI is InChI=1S/C15H22N2OS/c1-10-8-16-9-14(10)15(18)17-11(2)12-4-6-13(19-3)7-5-12/h4-7,10-11,14,16H,8-9H2,1-3H3,(H,17,18)/t10-,11?,14-/m1/s1. The summed E-state index contributed by atoms with van der Waals surface area (Å²) in [5.41, 5.74) is 1.16. The molecule has 1 aromatic carbocycles. The third kappa shape index (κ3) is 3.51. The highest BCUT2D eigenvalue weighted by Crippen LogP contribution is 2.21. The summed E-state index contributed by atoms with van der Waals surface area (Å²) < 4.78 is 0. The van der Waals surface area contributed by atoms with Crippen molar-refractivity contribution >= 4 is 17.7 Å². The van der Waals surface area contributed by atoms with E-state index in [9.17, 15) is 4.79 Å². The van der Waals surface area contributed by atoms with E-state index >= 15 is 0 Å². The second kappa shape index (κ2) is 6.44. The van der Waals surface area contributed by atoms with Crippen molar-refractivity contribution in [3.8, 4) is 0 Å². The summed E-state index contributed by atoms with van der Waals surface area (Å²) in [6.45, 7) is 5.90. The maximum absolute atomic E-state index is 12.2. The van der Waals surface area contributed by atoms with Crippen molar-refractivity contribution in [1.29, 1.82) is 0 Å². The molecular weight excluding hydrogens is 256 g/mol. The lowest BCUT2D eigenvalue weighted by Gasteiger charge is -2.19. The Morgan fingerprint density at radius 1 is 1.37 bits per heavy atom. The molecule has 2 rings (SSSR count). The van der Waals surface area contributed by atoms with Crippen molar-refractivity contribution in [1.82, 2.24) is 10.6 Å². The molecule has 104 valence electrons. The maximum Gasteiger partial charge on any atom is 0.225 e. The average molecular weight is 278 g/mol. The molecule has 0 aliphatic carbocycles. The number of thioether (sulfide) groups is 1. The molecule has 0 spiro atoms. The Labute approximate surface area is 119 Å². The van der Waals surface area contributed by atoms with Crippen LogP contribution in [0.4, 0.5) is 0 Å². The zero-order valence-corrected chi connectivity index (χ0v) is 12.6. The topological polar surface area (TPSA) is 41.1 Å². The molecule has 0 saturated carbocycles. The third-order valence-corrected chi connectivity index (χ3v) is 4.57. The molecule has 1 aliphatic heterocycles. The van der Waals surface area contributed by atoms with Gasteiger partial charge in [0.15, 0.2) is 0 Å². The van der Waals surface area contributed by atoms with Crippen LogP contribution in [0.15, 0.2) is 29.2 Å². The van der Waals surface area contributed by atoms with Crippen molar-refractivity contribution in [2.75, 3.05) is 19.3 Å². The van der Waals surface area contributed by atoms with Gasteiger partial charge in [0.1, 0.15) is 0 Å². The molecule has 1 aromatic rings. The van der Waals surface area contributed by atoms with E-state index in [2.05, 4.69) is 48.1 Å². The second-order valence-corrected chi connectivity index (χ2v) is 6.13. The first-order valence-corrected chi connectivity index (χ1v) is 7.99. The van der Waals surface area contributed by atoms with Crippen LogP contribution in [0, 0.1) is 11.8 Å². The lowest BCUT2D eigenvalue weighted by atomic mass is 9.96. The van der Waals surface area contributed by atoms with Crippen molar-refractivity contribution in [3.63, 3.8) is 0 Å². The highest BCUT2D eigenvalue weighted by molar-refractivity contribution is 7.98. The minimum atomic E-state index is 0.0659. The van der Waals surface area contributed by atoms with Gasteiger partial charge in [-0.15, -0.1) is 11.8 Å². The first-order valence-electron chi connectivity index (χ1n) is 6.77. The Bertz CT molecular complexity index is 432. The van der Waals surface area contributed by atoms with Gasteiger partial charge >= 0.3 is 0 Å². The monoisotopic (exact) mass is 278 g/mol. The number of carbonyl (C=O) groups excluding carboxylic acids is 1. The van der Waals surface area contributed by atoms with Gasteiger partial charge in [-0.2, -0.15) is 0 Å². The molecule has 4 heteroatoms. The fourth-order valence-electron chi connectivity index (χ4n) is 2.46. The highest BCUT2D eigenvalue weighted by Gasteiger charge is 2.30. The van der Waals surface area contributed by atoms with Crippen molar-refractivity contribution < 1.29 is 4.79 Å². The van der Waals surface area contributed by atoms with Crippen LogP contribution in [0.2, 0.25) is 0 Å². The molecule has 1 saturated heterocycles. The van der Waals surface area contributed by atoms with Gasteiger partial charge < -0.3 is 10.6 Å². The van der Waals surface area contributed by atoms with Gasteiger partial charge in [-0.25, -0.2) is 0 Å². The van der Waals surface area contributed by atoms with Gasteiger partial charge in [0.2, 0.25) is 5.91 Å². The van der Waals surface area contributed by atoms with Crippen LogP contribution in [0.1, 0.15) is 25.5 Å². The smallest absolute Gasteiger partial charge is 0.225 e. The summed E-state index contributed by atoms with van der Waals surface area (Å²) in [5.74, 6) is 0.693. The normalized spacial score (nSPS) is 24.2. The van der Waals surface area contributed by atoms with Gasteiger partial charge in [-0.1, -0.05) is 19.1 Å². The van der Waals surface area contributed by atoms with Gasteiger partial charge in [-0.3, -0.25) is 4.79 Å². The molecule has 0 bridgehead atoms. The largest absolute Gasteiger partial charge is 0.349 e. The van der Waals surface area contributed by atoms with E-state index in [1.165, 1.54) is 4.90 Å². The van der Waals surface area contributed by atoms with E-state index in [0.717, 1.165) is 18.7 Å². The average Bonchev–Trinajstić information content (AvgIpc) is 2.85. The van der Waals surface area contributed by atoms with Crippen molar-refractivity contribution in [3.05, 3.63) is 29.8 Å². The first-order chi connectivity index (χ1) is 9.11. The summed E-state index contributed by atoms with van der Waals surface area (Å²) in [6.07, 6.45) is 2.06. The zero-order chi connectivity index (χ0) is 13.8. The van der Waals surface area contributed by atoms with E-state index in [1.807, 2.05) is 6.92 Å². The second-order valence-electron chi connectivity index (χ2n) is 5.25. The fourth-order valence-corrected chi connectivity index (χ4v) is 2.87. The molecule has 3 atom stereocenters. The molecule has 1 unspecified atom stereocenters. The van der Waals surface area contributed by atoms with Crippen molar-refractivity contribution in [2.45, 2.75) is 24.8 Å². The molecule has 0 aromatic heterocycles. The van der Waals surface area contributed by atoms with E-state index < -0.39 is 0 Å². The van der Waals surface area contributed by atoms with E-state index in [4.69, 9.17) is 0 Å². The van der Waals surface area contributed by atoms with Crippen LogP contribution in [-0.2, 0) is 4.79 Å². The Morgan fingerprint density at radius 3 is 2.58 bits per heavy atom. The number of nitrogens with one attached hydrogen (secondary N) is 2. The van der Waals surface area contributed by atoms with Crippen molar-refractivity contribution in [2.24, 2.45) is 11.8 Å². The molecule has 19 heavy (non-hydrogen) atoms. The van der Waals surface area contributed by atoms with E-state index in [1.54, 1.807) is 11.8 Å². The fraction of sp³-hybridized carbons (Fsp3) is 0.533. The van der Waals surface area contributed by atoms with Gasteiger partial charge in [0, 0.05) is 11.4 Å². The predicted octanol–water partition coefficient (Wildman–Crippen LogP) is 2.44. The molecule has 2 N–H and O–H groups in total. The SMILES string of the molecule is CSc1ccc(C(C)NC(=O)[C@@H]2CNC[C@H]2C)cc1. The van der Waals surface area contributed by atoms with Crippen LogP contribution in [0.25, 0.3) is 0 Å². The lowest BCUT2D eigenvalue weighted by Crippen LogP contribution is -2.35. The van der Waals surface area contributed by atoms with Crippen LogP contribution < -0.4 is 10.6 Å². The van der Waals surface area contributed by atoms with Crippen LogP contribution in [-0.4, -0.2) is 25.3 Å². The Balaban J connectivity index is 1.95. The zero-order valence-electron chi connectivity index (χ0n) is 11.8. The van der Waals surface area contributed by atoms with Crippen LogP contribution >= 0.6 is 11.8 Å². The molecule has 1 amide bonds. The predicted molar refractivity (Wildman–Crippen MR) is 80.3 cm³/mol. The van der Waals surface area contributed by atoms with Gasteiger partial charge in [-0.05, 0) is 43.3 Å². The summed E-state index contributed by atoms with van der Waals surface area (Å²) in [7, 11) is 0. The lowest BCUT2D eigenvalue weighted by molar-refractivity contribution is -0.126. The van der Waals surface area contributed by atoms with Gasteiger partial charge in [0.25, 0.3) is 0 Å². The summed E-state index contributed by atoms with van der Waals surface area (Å²) in [5, 5.41) is 6.39. The summed E-state index contributed by atoms with van der Waals surface area (Å²) in [6, 6.07) is 8.45. The van der Waals surface area contributed by atoms with E-state index in [-0.39, 0.29) is 17.9 Å². The summed E-state index contributed by atoms with van der Waals surface area (Å²) in [4.78, 5) is 13.5. The number of carbonyl (C=O) groups is 1. The highest BCUT2D eigenvalue weighted by atomic mass is 32.2. The number of benzene rings is 1. The number of rotatable bonds is 4. The Kier molecular flexibility index (Phi) is 4.88. The Morgan fingerprint density at radius 2 is 2.05 bits per heavy atom. The molecule has 1 aliphatic rings. The Hall–Kier alpha value is -1.00. The molecule has 0 radical (unpaired) electrons. The minimum absolute atomic E-state index is 0.0659. The molecule has 1 fully saturated rings. The molecular formula is C15H22N2OS.